The predicted octanol–water partition coefficient (Wildman–Crippen LogP) is 5.03. The maximum absolute atomic E-state index is 13.2. The van der Waals surface area contributed by atoms with Crippen LogP contribution in [0.15, 0.2) is 72.8 Å². The fraction of sp³-hybridized carbons (Fsp3) is 0.185. The topological polar surface area (TPSA) is 74.6 Å². The summed E-state index contributed by atoms with van der Waals surface area (Å²) in [5.74, 6) is -0.909. The van der Waals surface area contributed by atoms with Crippen molar-refractivity contribution in [2.24, 2.45) is 0 Å². The van der Waals surface area contributed by atoms with Crippen LogP contribution in [0.4, 0.5) is 13.2 Å². The van der Waals surface area contributed by atoms with Gasteiger partial charge in [0, 0.05) is 40.8 Å². The second kappa shape index (κ2) is 9.16. The molecule has 184 valence electrons. The van der Waals surface area contributed by atoms with Gasteiger partial charge in [0.15, 0.2) is 0 Å². The minimum atomic E-state index is -4.46. The summed E-state index contributed by atoms with van der Waals surface area (Å²) in [6, 6.07) is 19.1. The Hall–Kier alpha value is -4.11. The molecule has 1 aliphatic rings. The van der Waals surface area contributed by atoms with Crippen LogP contribution in [0.3, 0.4) is 0 Å². The standard InChI is InChI=1S/C27H22F3N3O3/c28-27(29,30)20-11-9-19(10-12-20)26(35)32-14-13-22-21-3-1-2-4-23(21)33(24(22)16-32)15-17-5-7-18(8-6-17)25(34)31-36/h1-12,36H,13-16H2,(H,31,34). The van der Waals surface area contributed by atoms with Crippen LogP contribution < -0.4 is 5.48 Å². The molecular formula is C27H22F3N3O3. The van der Waals surface area contributed by atoms with Crippen molar-refractivity contribution in [3.8, 4) is 0 Å². The summed E-state index contributed by atoms with van der Waals surface area (Å²) < 4.78 is 40.9. The molecule has 2 amide bonds. The normalized spacial score (nSPS) is 13.5. The summed E-state index contributed by atoms with van der Waals surface area (Å²) in [6.07, 6.45) is -3.83. The van der Waals surface area contributed by atoms with Crippen molar-refractivity contribution in [2.75, 3.05) is 6.54 Å². The predicted molar refractivity (Wildman–Crippen MR) is 127 cm³/mol. The molecule has 1 aliphatic heterocycles. The highest BCUT2D eigenvalue weighted by atomic mass is 19.4. The molecule has 0 aliphatic carbocycles. The Morgan fingerprint density at radius 1 is 0.917 bits per heavy atom. The molecular weight excluding hydrogens is 471 g/mol. The first kappa shape index (κ1) is 23.6. The van der Waals surface area contributed by atoms with Crippen LogP contribution in [0.1, 0.15) is 43.1 Å². The zero-order chi connectivity index (χ0) is 25.4. The maximum atomic E-state index is 13.2. The first-order valence-electron chi connectivity index (χ1n) is 11.3. The second-order valence-electron chi connectivity index (χ2n) is 8.72. The van der Waals surface area contributed by atoms with E-state index >= 15 is 0 Å². The fourth-order valence-electron chi connectivity index (χ4n) is 4.74. The zero-order valence-electron chi connectivity index (χ0n) is 19.0. The minimum Gasteiger partial charge on any atom is -0.338 e. The molecule has 0 saturated heterocycles. The summed E-state index contributed by atoms with van der Waals surface area (Å²) >= 11 is 0. The van der Waals surface area contributed by atoms with Crippen LogP contribution in [-0.2, 0) is 25.7 Å². The minimum absolute atomic E-state index is 0.215. The van der Waals surface area contributed by atoms with Crippen molar-refractivity contribution in [2.45, 2.75) is 25.7 Å². The number of para-hydroxylation sites is 1. The summed E-state index contributed by atoms with van der Waals surface area (Å²) in [5.41, 5.74) is 5.44. The first-order valence-corrected chi connectivity index (χ1v) is 11.3. The van der Waals surface area contributed by atoms with Crippen LogP contribution in [0.5, 0.6) is 0 Å². The molecule has 0 bridgehead atoms. The summed E-state index contributed by atoms with van der Waals surface area (Å²) in [7, 11) is 0. The zero-order valence-corrected chi connectivity index (χ0v) is 19.0. The Balaban J connectivity index is 1.45. The number of amides is 2. The van der Waals surface area contributed by atoms with Crippen molar-refractivity contribution in [1.29, 1.82) is 0 Å². The molecule has 0 radical (unpaired) electrons. The summed E-state index contributed by atoms with van der Waals surface area (Å²) in [4.78, 5) is 26.5. The van der Waals surface area contributed by atoms with E-state index in [0.29, 0.717) is 31.6 Å². The molecule has 2 heterocycles. The molecule has 0 fully saturated rings. The number of fused-ring (bicyclic) bond motifs is 3. The number of hydroxylamine groups is 1. The van der Waals surface area contributed by atoms with E-state index in [1.165, 1.54) is 12.1 Å². The number of benzene rings is 3. The third kappa shape index (κ3) is 4.33. The molecule has 4 aromatic rings. The molecule has 3 aromatic carbocycles. The van der Waals surface area contributed by atoms with Gasteiger partial charge in [-0.15, -0.1) is 0 Å². The number of nitrogens with zero attached hydrogens (tertiary/aromatic N) is 2. The number of alkyl halides is 3. The highest BCUT2D eigenvalue weighted by molar-refractivity contribution is 5.95. The van der Waals surface area contributed by atoms with E-state index in [9.17, 15) is 22.8 Å². The molecule has 6 nitrogen and oxygen atoms in total. The van der Waals surface area contributed by atoms with E-state index in [-0.39, 0.29) is 11.5 Å². The van der Waals surface area contributed by atoms with Crippen LogP contribution in [0, 0.1) is 0 Å². The van der Waals surface area contributed by atoms with Crippen LogP contribution in [0.25, 0.3) is 10.9 Å². The SMILES string of the molecule is O=C(NO)c1ccc(Cn2c3c(c4ccccc42)CCN(C(=O)c2ccc(C(F)(F)F)cc2)C3)cc1. The Labute approximate surface area is 204 Å². The van der Waals surface area contributed by atoms with Crippen LogP contribution in [-0.4, -0.2) is 33.0 Å². The highest BCUT2D eigenvalue weighted by Gasteiger charge is 2.31. The average Bonchev–Trinajstić information content (AvgIpc) is 3.20. The van der Waals surface area contributed by atoms with Gasteiger partial charge in [-0.2, -0.15) is 13.2 Å². The molecule has 9 heteroatoms. The number of hydrogen-bond acceptors (Lipinski definition) is 3. The maximum Gasteiger partial charge on any atom is 0.416 e. The largest absolute Gasteiger partial charge is 0.416 e. The molecule has 2 N–H and O–H groups in total. The highest BCUT2D eigenvalue weighted by Crippen LogP contribution is 2.33. The summed E-state index contributed by atoms with van der Waals surface area (Å²) in [5, 5.41) is 9.93. The lowest BCUT2D eigenvalue weighted by molar-refractivity contribution is -0.137. The van der Waals surface area contributed by atoms with E-state index in [4.69, 9.17) is 5.21 Å². The number of rotatable bonds is 4. The van der Waals surface area contributed by atoms with E-state index in [1.807, 2.05) is 24.3 Å². The lowest BCUT2D eigenvalue weighted by Gasteiger charge is -2.29. The van der Waals surface area contributed by atoms with Gasteiger partial charge in [-0.25, -0.2) is 5.48 Å². The molecule has 0 spiro atoms. The molecule has 36 heavy (non-hydrogen) atoms. The number of hydrogen-bond donors (Lipinski definition) is 2. The Morgan fingerprint density at radius 2 is 1.58 bits per heavy atom. The van der Waals surface area contributed by atoms with Gasteiger partial charge in [-0.3, -0.25) is 14.8 Å². The van der Waals surface area contributed by atoms with Gasteiger partial charge in [0.25, 0.3) is 11.8 Å². The number of carbonyl (C=O) groups excluding carboxylic acids is 2. The van der Waals surface area contributed by atoms with Gasteiger partial charge in [-0.05, 0) is 60.0 Å². The monoisotopic (exact) mass is 493 g/mol. The van der Waals surface area contributed by atoms with E-state index in [2.05, 4.69) is 4.57 Å². The van der Waals surface area contributed by atoms with Crippen molar-refractivity contribution >= 4 is 22.7 Å². The molecule has 0 unspecified atom stereocenters. The first-order chi connectivity index (χ1) is 17.3. The molecule has 1 aromatic heterocycles. The van der Waals surface area contributed by atoms with Crippen molar-refractivity contribution in [3.63, 3.8) is 0 Å². The van der Waals surface area contributed by atoms with Gasteiger partial charge in [0.1, 0.15) is 0 Å². The van der Waals surface area contributed by atoms with Crippen LogP contribution in [0.2, 0.25) is 0 Å². The Morgan fingerprint density at radius 3 is 2.25 bits per heavy atom. The van der Waals surface area contributed by atoms with Gasteiger partial charge in [0.05, 0.1) is 12.1 Å². The van der Waals surface area contributed by atoms with E-state index in [1.54, 1.807) is 34.6 Å². The smallest absolute Gasteiger partial charge is 0.338 e. The lowest BCUT2D eigenvalue weighted by atomic mass is 10.0. The number of nitrogens with one attached hydrogen (secondary N) is 1. The Bertz CT molecular complexity index is 1440. The third-order valence-corrected chi connectivity index (χ3v) is 6.57. The van der Waals surface area contributed by atoms with E-state index in [0.717, 1.165) is 39.9 Å². The molecule has 5 rings (SSSR count). The summed E-state index contributed by atoms with van der Waals surface area (Å²) in [6.45, 7) is 1.29. The van der Waals surface area contributed by atoms with Crippen molar-refractivity contribution in [1.82, 2.24) is 14.9 Å². The van der Waals surface area contributed by atoms with Gasteiger partial charge < -0.3 is 9.47 Å². The number of carbonyl (C=O) groups is 2. The average molecular weight is 493 g/mol. The molecule has 0 saturated carbocycles. The van der Waals surface area contributed by atoms with Crippen molar-refractivity contribution in [3.05, 3.63) is 106 Å². The van der Waals surface area contributed by atoms with Gasteiger partial charge in [0.2, 0.25) is 0 Å². The van der Waals surface area contributed by atoms with E-state index < -0.39 is 17.6 Å². The Kier molecular flexibility index (Phi) is 6.01. The quantitative estimate of drug-likeness (QED) is 0.310. The lowest BCUT2D eigenvalue weighted by Crippen LogP contribution is -2.36. The van der Waals surface area contributed by atoms with Crippen molar-refractivity contribution < 1.29 is 28.0 Å². The third-order valence-electron chi connectivity index (χ3n) is 6.57. The number of halogens is 3. The fourth-order valence-corrected chi connectivity index (χ4v) is 4.74. The number of aromatic nitrogens is 1. The van der Waals surface area contributed by atoms with Crippen LogP contribution >= 0.6 is 0 Å². The van der Waals surface area contributed by atoms with Gasteiger partial charge >= 0.3 is 6.18 Å². The second-order valence-corrected chi connectivity index (χ2v) is 8.72. The van der Waals surface area contributed by atoms with Gasteiger partial charge in [-0.1, -0.05) is 30.3 Å². The molecule has 0 atom stereocenters.